The first-order chi connectivity index (χ1) is 34.7. The zero-order chi connectivity index (χ0) is 51.0. The number of hydrogen-bond acceptors (Lipinski definition) is 3. The van der Waals surface area contributed by atoms with Crippen molar-refractivity contribution in [3.63, 3.8) is 0 Å². The van der Waals surface area contributed by atoms with Gasteiger partial charge in [-0.2, -0.15) is 0 Å². The average Bonchev–Trinajstić information content (AvgIpc) is 3.59. The number of anilines is 8. The van der Waals surface area contributed by atoms with Crippen molar-refractivity contribution in [2.45, 2.75) is 136 Å². The summed E-state index contributed by atoms with van der Waals surface area (Å²) in [7, 11) is 0. The van der Waals surface area contributed by atoms with Crippen molar-refractivity contribution in [2.24, 2.45) is 0 Å². The molecule has 3 nitrogen and oxygen atoms in total. The Morgan fingerprint density at radius 2 is 0.973 bits per heavy atom. The first-order valence-electron chi connectivity index (χ1n) is 27.1. The van der Waals surface area contributed by atoms with Gasteiger partial charge >= 0.3 is 0 Å². The van der Waals surface area contributed by atoms with Crippen LogP contribution in [0.4, 0.5) is 45.5 Å². The topological polar surface area (TPSA) is 9.72 Å². The second kappa shape index (κ2) is 16.6. The minimum absolute atomic E-state index is 0.0133. The molecular formula is C69H72BN3. The summed E-state index contributed by atoms with van der Waals surface area (Å²) in [5.41, 5.74) is 25.6. The molecule has 4 heteroatoms. The van der Waals surface area contributed by atoms with Crippen LogP contribution in [0.3, 0.4) is 0 Å². The third-order valence-corrected chi connectivity index (χ3v) is 17.7. The van der Waals surface area contributed by atoms with E-state index in [9.17, 15) is 0 Å². The molecular weight excluding hydrogens is 882 g/mol. The predicted octanol–water partition coefficient (Wildman–Crippen LogP) is 17.0. The first kappa shape index (κ1) is 47.2. The maximum Gasteiger partial charge on any atom is 0.252 e. The van der Waals surface area contributed by atoms with Crippen LogP contribution in [-0.4, -0.2) is 12.3 Å². The van der Waals surface area contributed by atoms with Crippen molar-refractivity contribution >= 4 is 68.6 Å². The molecule has 0 aromatic heterocycles. The van der Waals surface area contributed by atoms with Crippen molar-refractivity contribution in [2.75, 3.05) is 14.7 Å². The van der Waals surface area contributed by atoms with E-state index in [0.717, 1.165) is 6.42 Å². The van der Waals surface area contributed by atoms with Gasteiger partial charge in [-0.3, -0.25) is 0 Å². The van der Waals surface area contributed by atoms with Crippen molar-refractivity contribution in [1.82, 2.24) is 0 Å². The highest BCUT2D eigenvalue weighted by molar-refractivity contribution is 7.00. The minimum Gasteiger partial charge on any atom is -0.334 e. The Bertz CT molecular complexity index is 3460. The van der Waals surface area contributed by atoms with Gasteiger partial charge in [0, 0.05) is 50.8 Å². The molecule has 3 heterocycles. The number of hydrogen-bond donors (Lipinski definition) is 0. The average molecular weight is 954 g/mol. The summed E-state index contributed by atoms with van der Waals surface area (Å²) < 4.78 is 0. The number of fused-ring (bicyclic) bond motifs is 7. The van der Waals surface area contributed by atoms with Crippen LogP contribution in [0, 0.1) is 6.92 Å². The van der Waals surface area contributed by atoms with E-state index in [-0.39, 0.29) is 33.9 Å². The summed E-state index contributed by atoms with van der Waals surface area (Å²) in [6, 6.07) is 66.2. The van der Waals surface area contributed by atoms with Crippen LogP contribution in [0.1, 0.15) is 130 Å². The van der Waals surface area contributed by atoms with Crippen molar-refractivity contribution in [1.29, 1.82) is 0 Å². The fourth-order valence-electron chi connectivity index (χ4n) is 13.4. The van der Waals surface area contributed by atoms with Crippen LogP contribution in [0.5, 0.6) is 0 Å². The van der Waals surface area contributed by atoms with Gasteiger partial charge in [-0.15, -0.1) is 0 Å². The van der Waals surface area contributed by atoms with E-state index in [1.165, 1.54) is 131 Å². The predicted molar refractivity (Wildman–Crippen MR) is 315 cm³/mol. The number of aryl methyl sites for hydroxylation is 1. The van der Waals surface area contributed by atoms with E-state index < -0.39 is 0 Å². The summed E-state index contributed by atoms with van der Waals surface area (Å²) in [5.74, 6) is 0. The second-order valence-corrected chi connectivity index (χ2v) is 25.5. The molecule has 1 aliphatic carbocycles. The molecule has 73 heavy (non-hydrogen) atoms. The lowest BCUT2D eigenvalue weighted by Gasteiger charge is -2.50. The van der Waals surface area contributed by atoms with Gasteiger partial charge < -0.3 is 14.7 Å². The zero-order valence-corrected chi connectivity index (χ0v) is 45.4. The Labute approximate surface area is 437 Å². The van der Waals surface area contributed by atoms with Gasteiger partial charge in [0.1, 0.15) is 0 Å². The quantitative estimate of drug-likeness (QED) is 0.159. The molecule has 0 N–H and O–H groups in total. The van der Waals surface area contributed by atoms with E-state index in [0.29, 0.717) is 0 Å². The van der Waals surface area contributed by atoms with Crippen LogP contribution in [0.25, 0.3) is 22.3 Å². The molecule has 2 unspecified atom stereocenters. The van der Waals surface area contributed by atoms with E-state index >= 15 is 0 Å². The van der Waals surface area contributed by atoms with E-state index in [4.69, 9.17) is 0 Å². The Hall–Kier alpha value is -6.78. The van der Waals surface area contributed by atoms with Gasteiger partial charge in [0.25, 0.3) is 6.71 Å². The zero-order valence-electron chi connectivity index (χ0n) is 45.4. The van der Waals surface area contributed by atoms with Gasteiger partial charge in [0.15, 0.2) is 0 Å². The summed E-state index contributed by atoms with van der Waals surface area (Å²) in [6.07, 6.45) is 4.87. The van der Waals surface area contributed by atoms with Gasteiger partial charge in [-0.25, -0.2) is 0 Å². The Morgan fingerprint density at radius 1 is 0.425 bits per heavy atom. The van der Waals surface area contributed by atoms with Crippen molar-refractivity contribution in [3.05, 3.63) is 198 Å². The first-order valence-corrected chi connectivity index (χ1v) is 27.1. The largest absolute Gasteiger partial charge is 0.334 e. The third-order valence-electron chi connectivity index (χ3n) is 17.7. The van der Waals surface area contributed by atoms with Crippen LogP contribution >= 0.6 is 0 Å². The molecule has 3 aliphatic heterocycles. The highest BCUT2D eigenvalue weighted by Crippen LogP contribution is 2.61. The maximum absolute atomic E-state index is 2.75. The molecule has 0 saturated heterocycles. The SMILES string of the molecule is Cc1cc2c3c(c1)N(c1ccc(C(C)(C)C)cc1-c1ccc(C(C)(C)C)cc1)c1cc(-c4ccccc4)ccc1B3c1ccc(N3c4ccccc4C4(C)CCCCC34C)cc1N2c1ccc(C(C)(C)C)cc1. The van der Waals surface area contributed by atoms with Gasteiger partial charge in [-0.05, 0) is 164 Å². The standard InChI is InChI=1S/C69H72BN3/c1-45-40-62-64-63(41-45)72(58-37-31-51(67(8,9)10)43-54(58)47-24-27-49(28-25-47)65(2,3)4)60-42-48(46-20-14-13-15-21-46)26-35-56(60)70(64)57-36-34-53(44-61(57)71(62)52-32-29-50(30-33-52)66(5,6)7)73-59-23-17-16-22-55(59)68(11)38-18-19-39-69(68,73)12/h13-17,20-37,40-44H,18-19,38-39H2,1-12H3. The molecule has 1 saturated carbocycles. The van der Waals surface area contributed by atoms with E-state index in [1.807, 2.05) is 0 Å². The number of para-hydroxylation sites is 1. The molecule has 4 aliphatic rings. The number of nitrogens with zero attached hydrogens (tertiary/aromatic N) is 3. The molecule has 366 valence electrons. The second-order valence-electron chi connectivity index (χ2n) is 25.5. The Balaban J connectivity index is 1.14. The third kappa shape index (κ3) is 7.44. The van der Waals surface area contributed by atoms with Gasteiger partial charge in [-0.1, -0.05) is 191 Å². The number of rotatable bonds is 5. The molecule has 0 amide bonds. The lowest BCUT2D eigenvalue weighted by molar-refractivity contribution is 0.195. The maximum atomic E-state index is 2.75. The highest BCUT2D eigenvalue weighted by Gasteiger charge is 2.58. The Morgan fingerprint density at radius 3 is 1.64 bits per heavy atom. The van der Waals surface area contributed by atoms with E-state index in [1.54, 1.807) is 0 Å². The van der Waals surface area contributed by atoms with Crippen molar-refractivity contribution < 1.29 is 0 Å². The van der Waals surface area contributed by atoms with Crippen LogP contribution in [-0.2, 0) is 21.7 Å². The summed E-state index contributed by atoms with van der Waals surface area (Å²) >= 11 is 0. The summed E-state index contributed by atoms with van der Waals surface area (Å²) in [4.78, 5) is 8.00. The lowest BCUT2D eigenvalue weighted by atomic mass is 9.33. The summed E-state index contributed by atoms with van der Waals surface area (Å²) in [6.45, 7) is 28.2. The summed E-state index contributed by atoms with van der Waals surface area (Å²) in [5, 5.41) is 0. The molecule has 0 spiro atoms. The highest BCUT2D eigenvalue weighted by atomic mass is 15.3. The molecule has 0 bridgehead atoms. The van der Waals surface area contributed by atoms with Gasteiger partial charge in [0.2, 0.25) is 0 Å². The van der Waals surface area contributed by atoms with Crippen LogP contribution in [0.15, 0.2) is 170 Å². The van der Waals surface area contributed by atoms with E-state index in [2.05, 4.69) is 268 Å². The Kier molecular flexibility index (Phi) is 10.8. The molecule has 2 atom stereocenters. The monoisotopic (exact) mass is 954 g/mol. The lowest BCUT2D eigenvalue weighted by Crippen LogP contribution is -2.61. The normalized spacial score (nSPS) is 19.0. The molecule has 8 aromatic rings. The molecule has 0 radical (unpaired) electrons. The molecule has 12 rings (SSSR count). The number of benzene rings is 8. The van der Waals surface area contributed by atoms with Crippen LogP contribution < -0.4 is 31.1 Å². The fraction of sp³-hybridized carbons (Fsp3) is 0.304. The smallest absolute Gasteiger partial charge is 0.252 e. The van der Waals surface area contributed by atoms with Crippen molar-refractivity contribution in [3.8, 4) is 22.3 Å². The van der Waals surface area contributed by atoms with Gasteiger partial charge in [0.05, 0.1) is 11.2 Å². The fourth-order valence-corrected chi connectivity index (χ4v) is 13.4. The molecule has 1 fully saturated rings. The minimum atomic E-state index is -0.0578. The molecule has 8 aromatic carbocycles. The van der Waals surface area contributed by atoms with Crippen LogP contribution in [0.2, 0.25) is 0 Å².